The first kappa shape index (κ1) is 11.9. The first-order chi connectivity index (χ1) is 10.7. The van der Waals surface area contributed by atoms with Gasteiger partial charge in [-0.15, -0.1) is 11.3 Å². The SMILES string of the molecule is O=C1OC(=O)c2cc3c4ccccc4sc3c3cccc1c23. The van der Waals surface area contributed by atoms with E-state index in [9.17, 15) is 9.59 Å². The Bertz CT molecular complexity index is 1140. The Morgan fingerprint density at radius 3 is 2.45 bits per heavy atom. The lowest BCUT2D eigenvalue weighted by molar-refractivity contribution is 0.0391. The van der Waals surface area contributed by atoms with Crippen LogP contribution in [0.25, 0.3) is 30.9 Å². The van der Waals surface area contributed by atoms with Crippen molar-refractivity contribution in [2.75, 3.05) is 0 Å². The molecule has 0 atom stereocenters. The van der Waals surface area contributed by atoms with Gasteiger partial charge in [0.2, 0.25) is 0 Å². The molecule has 1 aliphatic heterocycles. The summed E-state index contributed by atoms with van der Waals surface area (Å²) in [6.45, 7) is 0. The molecule has 1 aromatic heterocycles. The first-order valence-electron chi connectivity index (χ1n) is 6.87. The van der Waals surface area contributed by atoms with Crippen LogP contribution in [-0.2, 0) is 4.74 Å². The first-order valence-corrected chi connectivity index (χ1v) is 7.69. The molecule has 4 heteroatoms. The molecule has 22 heavy (non-hydrogen) atoms. The summed E-state index contributed by atoms with van der Waals surface area (Å²) in [6.07, 6.45) is 0. The number of carbonyl (C=O) groups excluding carboxylic acids is 2. The lowest BCUT2D eigenvalue weighted by Gasteiger charge is -2.15. The summed E-state index contributed by atoms with van der Waals surface area (Å²) in [4.78, 5) is 24.1. The van der Waals surface area contributed by atoms with E-state index < -0.39 is 11.9 Å². The highest BCUT2D eigenvalue weighted by Gasteiger charge is 2.28. The molecule has 4 aromatic rings. The average molecular weight is 304 g/mol. The Morgan fingerprint density at radius 2 is 1.55 bits per heavy atom. The van der Waals surface area contributed by atoms with Crippen molar-refractivity contribution in [3.05, 3.63) is 59.7 Å². The van der Waals surface area contributed by atoms with Crippen LogP contribution in [0.2, 0.25) is 0 Å². The highest BCUT2D eigenvalue weighted by Crippen LogP contribution is 2.41. The van der Waals surface area contributed by atoms with Gasteiger partial charge in [0.15, 0.2) is 0 Å². The molecule has 0 spiro atoms. The van der Waals surface area contributed by atoms with E-state index in [0.717, 1.165) is 20.9 Å². The van der Waals surface area contributed by atoms with Crippen LogP contribution >= 0.6 is 11.3 Å². The van der Waals surface area contributed by atoms with Crippen molar-refractivity contribution in [3.8, 4) is 0 Å². The van der Waals surface area contributed by atoms with Crippen molar-refractivity contribution >= 4 is 54.2 Å². The second-order valence-corrected chi connectivity index (χ2v) is 6.36. The lowest BCUT2D eigenvalue weighted by Crippen LogP contribution is -2.19. The minimum Gasteiger partial charge on any atom is -0.386 e. The fourth-order valence-corrected chi connectivity index (χ4v) is 4.40. The fraction of sp³-hybridized carbons (Fsp3) is 0. The van der Waals surface area contributed by atoms with Gasteiger partial charge in [-0.2, -0.15) is 0 Å². The standard InChI is InChI=1S/C18H8O3S/c19-17-11-6-3-5-10-15(11)13(18(20)21-17)8-12-9-4-1-2-7-14(9)22-16(10)12/h1-8H. The summed E-state index contributed by atoms with van der Waals surface area (Å²) in [5.74, 6) is -1.13. The number of ether oxygens (including phenoxy) is 1. The number of hydrogen-bond acceptors (Lipinski definition) is 4. The molecule has 0 fully saturated rings. The third kappa shape index (κ3) is 1.35. The van der Waals surface area contributed by atoms with Crippen LogP contribution in [0.1, 0.15) is 20.7 Å². The second-order valence-electron chi connectivity index (χ2n) is 5.30. The number of esters is 2. The largest absolute Gasteiger partial charge is 0.386 e. The topological polar surface area (TPSA) is 43.4 Å². The molecule has 0 radical (unpaired) electrons. The zero-order valence-electron chi connectivity index (χ0n) is 11.3. The Morgan fingerprint density at radius 1 is 0.773 bits per heavy atom. The zero-order valence-corrected chi connectivity index (χ0v) is 12.1. The summed E-state index contributed by atoms with van der Waals surface area (Å²) in [5, 5.41) is 3.81. The van der Waals surface area contributed by atoms with Crippen molar-refractivity contribution in [2.45, 2.75) is 0 Å². The van der Waals surface area contributed by atoms with Crippen LogP contribution in [0, 0.1) is 0 Å². The Balaban J connectivity index is 2.12. The maximum Gasteiger partial charge on any atom is 0.346 e. The molecule has 5 rings (SSSR count). The van der Waals surface area contributed by atoms with Crippen molar-refractivity contribution < 1.29 is 14.3 Å². The molecular weight excluding hydrogens is 296 g/mol. The molecule has 0 unspecified atom stereocenters. The van der Waals surface area contributed by atoms with Crippen LogP contribution < -0.4 is 0 Å². The smallest absolute Gasteiger partial charge is 0.346 e. The average Bonchev–Trinajstić information content (AvgIpc) is 2.91. The maximum atomic E-state index is 12.1. The number of fused-ring (bicyclic) bond motifs is 4. The van der Waals surface area contributed by atoms with Gasteiger partial charge in [-0.05, 0) is 18.2 Å². The van der Waals surface area contributed by atoms with Gasteiger partial charge in [0.1, 0.15) is 0 Å². The van der Waals surface area contributed by atoms with Crippen molar-refractivity contribution in [3.63, 3.8) is 0 Å². The number of thiophene rings is 1. The van der Waals surface area contributed by atoms with E-state index in [4.69, 9.17) is 4.74 Å². The number of rotatable bonds is 0. The Labute approximate surface area is 128 Å². The van der Waals surface area contributed by atoms with E-state index in [1.165, 1.54) is 4.70 Å². The van der Waals surface area contributed by atoms with Crippen LogP contribution in [-0.4, -0.2) is 11.9 Å². The molecule has 3 aromatic carbocycles. The Hall–Kier alpha value is -2.72. The van der Waals surface area contributed by atoms with Gasteiger partial charge in [-0.1, -0.05) is 30.3 Å². The molecule has 0 saturated carbocycles. The van der Waals surface area contributed by atoms with Crippen LogP contribution in [0.3, 0.4) is 0 Å². The molecule has 0 aliphatic carbocycles. The van der Waals surface area contributed by atoms with E-state index in [2.05, 4.69) is 12.1 Å². The van der Waals surface area contributed by atoms with Crippen LogP contribution in [0.15, 0.2) is 48.5 Å². The van der Waals surface area contributed by atoms with Crippen LogP contribution in [0.5, 0.6) is 0 Å². The molecule has 3 nitrogen and oxygen atoms in total. The number of benzene rings is 3. The molecule has 1 aliphatic rings. The van der Waals surface area contributed by atoms with Gasteiger partial charge < -0.3 is 4.74 Å². The lowest BCUT2D eigenvalue weighted by atomic mass is 9.95. The molecule has 0 N–H and O–H groups in total. The van der Waals surface area contributed by atoms with Gasteiger partial charge in [0.05, 0.1) is 11.1 Å². The molecule has 0 saturated heterocycles. The normalized spacial score (nSPS) is 14.0. The summed E-state index contributed by atoms with van der Waals surface area (Å²) in [6, 6.07) is 15.5. The molecule has 0 amide bonds. The third-order valence-corrected chi connectivity index (χ3v) is 5.35. The van der Waals surface area contributed by atoms with Gasteiger partial charge in [-0.3, -0.25) is 0 Å². The van der Waals surface area contributed by atoms with E-state index in [1.807, 2.05) is 30.3 Å². The van der Waals surface area contributed by atoms with Gasteiger partial charge in [0, 0.05) is 30.9 Å². The molecule has 0 bridgehead atoms. The molecular formula is C18H8O3S. The minimum atomic E-state index is -0.566. The van der Waals surface area contributed by atoms with Gasteiger partial charge in [-0.25, -0.2) is 9.59 Å². The summed E-state index contributed by atoms with van der Waals surface area (Å²) in [5.41, 5.74) is 0.938. The maximum absolute atomic E-state index is 12.1. The predicted octanol–water partition coefficient (Wildman–Crippen LogP) is 4.52. The highest BCUT2D eigenvalue weighted by molar-refractivity contribution is 7.26. The van der Waals surface area contributed by atoms with Crippen molar-refractivity contribution in [1.82, 2.24) is 0 Å². The summed E-state index contributed by atoms with van der Waals surface area (Å²) < 4.78 is 7.13. The number of carbonyl (C=O) groups is 2. The van der Waals surface area contributed by atoms with E-state index in [1.54, 1.807) is 17.4 Å². The summed E-state index contributed by atoms with van der Waals surface area (Å²) >= 11 is 1.68. The summed E-state index contributed by atoms with van der Waals surface area (Å²) in [7, 11) is 0. The van der Waals surface area contributed by atoms with Crippen LogP contribution in [0.4, 0.5) is 0 Å². The van der Waals surface area contributed by atoms with Crippen molar-refractivity contribution in [1.29, 1.82) is 0 Å². The third-order valence-electron chi connectivity index (χ3n) is 4.13. The van der Waals surface area contributed by atoms with E-state index >= 15 is 0 Å². The second kappa shape index (κ2) is 3.93. The van der Waals surface area contributed by atoms with E-state index in [-0.39, 0.29) is 0 Å². The zero-order chi connectivity index (χ0) is 14.8. The Kier molecular flexibility index (Phi) is 2.12. The van der Waals surface area contributed by atoms with Gasteiger partial charge in [0.25, 0.3) is 0 Å². The highest BCUT2D eigenvalue weighted by atomic mass is 32.1. The number of hydrogen-bond donors (Lipinski definition) is 0. The number of cyclic esters (lactones) is 2. The quantitative estimate of drug-likeness (QED) is 0.354. The molecule has 104 valence electrons. The predicted molar refractivity (Wildman–Crippen MR) is 86.6 cm³/mol. The van der Waals surface area contributed by atoms with Gasteiger partial charge >= 0.3 is 11.9 Å². The van der Waals surface area contributed by atoms with E-state index in [0.29, 0.717) is 16.5 Å². The monoisotopic (exact) mass is 304 g/mol. The fourth-order valence-electron chi connectivity index (χ4n) is 3.18. The van der Waals surface area contributed by atoms with Crippen molar-refractivity contribution in [2.24, 2.45) is 0 Å². The molecule has 2 heterocycles. The minimum absolute atomic E-state index is 0.464.